The number of ketones is 1. The minimum absolute atomic E-state index is 0.0225. The molecule has 0 saturated carbocycles. The Hall–Kier alpha value is -2.62. The summed E-state index contributed by atoms with van der Waals surface area (Å²) in [5.74, 6) is 0.513. The van der Waals surface area contributed by atoms with Crippen LogP contribution >= 0.6 is 0 Å². The predicted molar refractivity (Wildman–Crippen MR) is 97.5 cm³/mol. The lowest BCUT2D eigenvalue weighted by molar-refractivity contribution is -0.140. The maximum Gasteiger partial charge on any atom is 0.331 e. The first kappa shape index (κ1) is 18.7. The second-order valence-corrected chi connectivity index (χ2v) is 7.05. The van der Waals surface area contributed by atoms with Gasteiger partial charge in [-0.3, -0.25) is 4.79 Å². The van der Waals surface area contributed by atoms with Gasteiger partial charge in [0.2, 0.25) is 5.78 Å². The lowest BCUT2D eigenvalue weighted by atomic mass is 9.86. The molecule has 1 atom stereocenters. The molecule has 0 spiro atoms. The molecule has 0 aliphatic rings. The van der Waals surface area contributed by atoms with Crippen LogP contribution in [-0.2, 0) is 14.9 Å². The van der Waals surface area contributed by atoms with E-state index in [2.05, 4.69) is 20.8 Å². The van der Waals surface area contributed by atoms with E-state index in [1.54, 1.807) is 31.2 Å². The lowest BCUT2D eigenvalue weighted by Crippen LogP contribution is -2.23. The minimum Gasteiger partial charge on any atom is -0.462 e. The summed E-state index contributed by atoms with van der Waals surface area (Å²) < 4.78 is 10.5. The Kier molecular flexibility index (Phi) is 5.62. The van der Waals surface area contributed by atoms with E-state index < -0.39 is 12.1 Å². The summed E-state index contributed by atoms with van der Waals surface area (Å²) in [5.41, 5.74) is 1.69. The molecule has 2 aromatic rings. The Morgan fingerprint density at radius 3 is 2.24 bits per heavy atom. The van der Waals surface area contributed by atoms with Gasteiger partial charge in [0.05, 0.1) is 0 Å². The van der Waals surface area contributed by atoms with Gasteiger partial charge in [-0.05, 0) is 43.0 Å². The van der Waals surface area contributed by atoms with E-state index in [4.69, 9.17) is 9.15 Å². The van der Waals surface area contributed by atoms with Crippen LogP contribution < -0.4 is 0 Å². The quantitative estimate of drug-likeness (QED) is 0.449. The van der Waals surface area contributed by atoms with Crippen molar-refractivity contribution >= 4 is 17.8 Å². The third kappa shape index (κ3) is 5.18. The average molecular weight is 340 g/mol. The van der Waals surface area contributed by atoms with Crippen LogP contribution in [0.15, 0.2) is 46.9 Å². The van der Waals surface area contributed by atoms with Crippen LogP contribution in [0.25, 0.3) is 6.08 Å². The summed E-state index contributed by atoms with van der Waals surface area (Å²) in [6.45, 7) is 9.73. The number of esters is 1. The first-order chi connectivity index (χ1) is 11.7. The number of benzene rings is 1. The van der Waals surface area contributed by atoms with Crippen molar-refractivity contribution < 1.29 is 18.7 Å². The zero-order chi connectivity index (χ0) is 18.6. The van der Waals surface area contributed by atoms with Crippen LogP contribution in [-0.4, -0.2) is 17.9 Å². The normalized spacial score (nSPS) is 13.0. The van der Waals surface area contributed by atoms with E-state index in [0.717, 1.165) is 11.3 Å². The van der Waals surface area contributed by atoms with E-state index in [0.29, 0.717) is 11.3 Å². The molecular formula is C21H24O4. The van der Waals surface area contributed by atoms with Gasteiger partial charge in [-0.2, -0.15) is 0 Å². The third-order valence-electron chi connectivity index (χ3n) is 3.84. The van der Waals surface area contributed by atoms with Crippen molar-refractivity contribution in [3.63, 3.8) is 0 Å². The van der Waals surface area contributed by atoms with Crippen LogP contribution in [0.2, 0.25) is 0 Å². The Labute approximate surface area is 148 Å². The van der Waals surface area contributed by atoms with Crippen molar-refractivity contribution in [2.45, 2.75) is 46.1 Å². The van der Waals surface area contributed by atoms with Crippen molar-refractivity contribution in [1.82, 2.24) is 0 Å². The highest BCUT2D eigenvalue weighted by atomic mass is 16.5. The molecule has 0 aliphatic heterocycles. The van der Waals surface area contributed by atoms with Crippen LogP contribution in [0.1, 0.15) is 55.1 Å². The summed E-state index contributed by atoms with van der Waals surface area (Å²) in [6.07, 6.45) is 1.92. The largest absolute Gasteiger partial charge is 0.462 e. The van der Waals surface area contributed by atoms with Gasteiger partial charge in [-0.1, -0.05) is 45.0 Å². The Morgan fingerprint density at radius 1 is 1.08 bits per heavy atom. The Bertz CT molecular complexity index is 773. The number of rotatable bonds is 5. The second kappa shape index (κ2) is 7.51. The van der Waals surface area contributed by atoms with Gasteiger partial charge in [0.25, 0.3) is 0 Å². The Balaban J connectivity index is 1.97. The first-order valence-electron chi connectivity index (χ1n) is 8.27. The zero-order valence-electron chi connectivity index (χ0n) is 15.3. The molecule has 1 heterocycles. The maximum atomic E-state index is 12.4. The fourth-order valence-corrected chi connectivity index (χ4v) is 2.33. The molecule has 0 amide bonds. The molecule has 1 aromatic heterocycles. The van der Waals surface area contributed by atoms with Crippen molar-refractivity contribution in [2.75, 3.05) is 0 Å². The number of Topliss-reactive ketones (excluding diaryl/α,β-unsaturated/α-hetero) is 1. The number of ether oxygens (including phenoxy) is 1. The molecule has 0 N–H and O–H groups in total. The highest BCUT2D eigenvalue weighted by molar-refractivity contribution is 6.01. The van der Waals surface area contributed by atoms with Crippen molar-refractivity contribution in [1.29, 1.82) is 0 Å². The van der Waals surface area contributed by atoms with Crippen molar-refractivity contribution in [2.24, 2.45) is 0 Å². The van der Waals surface area contributed by atoms with Crippen LogP contribution in [0.5, 0.6) is 0 Å². The molecule has 25 heavy (non-hydrogen) atoms. The SMILES string of the molecule is Cc1ccc(C=CC(=O)OC(C)C(=O)c2ccc(C(C)(C)C)cc2)o1. The number of hydrogen-bond donors (Lipinski definition) is 0. The van der Waals surface area contributed by atoms with Gasteiger partial charge in [0.1, 0.15) is 11.5 Å². The third-order valence-corrected chi connectivity index (χ3v) is 3.84. The first-order valence-corrected chi connectivity index (χ1v) is 8.27. The van der Waals surface area contributed by atoms with E-state index in [1.165, 1.54) is 12.2 Å². The number of hydrogen-bond acceptors (Lipinski definition) is 4. The molecule has 1 unspecified atom stereocenters. The lowest BCUT2D eigenvalue weighted by Gasteiger charge is -2.19. The molecule has 0 radical (unpaired) electrons. The number of carbonyl (C=O) groups is 2. The van der Waals surface area contributed by atoms with Gasteiger partial charge < -0.3 is 9.15 Å². The van der Waals surface area contributed by atoms with E-state index in [9.17, 15) is 9.59 Å². The van der Waals surface area contributed by atoms with E-state index in [1.807, 2.05) is 19.1 Å². The van der Waals surface area contributed by atoms with Gasteiger partial charge in [0, 0.05) is 11.6 Å². The Morgan fingerprint density at radius 2 is 1.72 bits per heavy atom. The molecule has 4 nitrogen and oxygen atoms in total. The minimum atomic E-state index is -0.851. The molecular weight excluding hydrogens is 316 g/mol. The molecule has 4 heteroatoms. The smallest absolute Gasteiger partial charge is 0.331 e. The fraction of sp³-hybridized carbons (Fsp3) is 0.333. The summed E-state index contributed by atoms with van der Waals surface area (Å²) >= 11 is 0. The van der Waals surface area contributed by atoms with Gasteiger partial charge >= 0.3 is 5.97 Å². The molecule has 2 rings (SSSR count). The topological polar surface area (TPSA) is 56.5 Å². The summed E-state index contributed by atoms with van der Waals surface area (Å²) in [4.78, 5) is 24.3. The van der Waals surface area contributed by atoms with Crippen molar-refractivity contribution in [3.8, 4) is 0 Å². The van der Waals surface area contributed by atoms with Crippen LogP contribution in [0.3, 0.4) is 0 Å². The predicted octanol–water partition coefficient (Wildman–Crippen LogP) is 4.71. The number of carbonyl (C=O) groups excluding carboxylic acids is 2. The zero-order valence-corrected chi connectivity index (χ0v) is 15.3. The fourth-order valence-electron chi connectivity index (χ4n) is 2.33. The summed E-state index contributed by atoms with van der Waals surface area (Å²) in [7, 11) is 0. The molecule has 132 valence electrons. The maximum absolute atomic E-state index is 12.4. The van der Waals surface area contributed by atoms with Gasteiger partial charge in [-0.25, -0.2) is 4.79 Å². The number of furan rings is 1. The molecule has 0 aliphatic carbocycles. The molecule has 1 aromatic carbocycles. The summed E-state index contributed by atoms with van der Waals surface area (Å²) in [5, 5.41) is 0. The average Bonchev–Trinajstić information content (AvgIpc) is 2.97. The summed E-state index contributed by atoms with van der Waals surface area (Å²) in [6, 6.07) is 11.0. The standard InChI is InChI=1S/C21H24O4/c1-14-6-11-18(24-14)12-13-19(22)25-15(2)20(23)16-7-9-17(10-8-16)21(3,4)5/h6-13,15H,1-5H3. The molecule has 0 saturated heterocycles. The second-order valence-electron chi connectivity index (χ2n) is 7.05. The monoisotopic (exact) mass is 340 g/mol. The molecule has 0 fully saturated rings. The van der Waals surface area contributed by atoms with E-state index >= 15 is 0 Å². The van der Waals surface area contributed by atoms with E-state index in [-0.39, 0.29) is 11.2 Å². The van der Waals surface area contributed by atoms with Crippen LogP contribution in [0, 0.1) is 6.92 Å². The highest BCUT2D eigenvalue weighted by Gasteiger charge is 2.20. The van der Waals surface area contributed by atoms with Crippen molar-refractivity contribution in [3.05, 3.63) is 65.1 Å². The van der Waals surface area contributed by atoms with Gasteiger partial charge in [0.15, 0.2) is 6.10 Å². The number of aryl methyl sites for hydroxylation is 1. The highest BCUT2D eigenvalue weighted by Crippen LogP contribution is 2.22. The molecule has 0 bridgehead atoms. The van der Waals surface area contributed by atoms with Gasteiger partial charge in [-0.15, -0.1) is 0 Å². The van der Waals surface area contributed by atoms with Crippen LogP contribution in [0.4, 0.5) is 0 Å².